The number of rotatable bonds is 7. The molecule has 0 aromatic heterocycles. The van der Waals surface area contributed by atoms with Gasteiger partial charge in [0.15, 0.2) is 5.60 Å². The van der Waals surface area contributed by atoms with Gasteiger partial charge in [-0.25, -0.2) is 4.79 Å². The van der Waals surface area contributed by atoms with Crippen LogP contribution in [0.25, 0.3) is 0 Å². The lowest BCUT2D eigenvalue weighted by atomic mass is 10.0. The molecular weight excluding hydrogens is 328 g/mol. The first-order chi connectivity index (χ1) is 11.7. The van der Waals surface area contributed by atoms with Crippen LogP contribution >= 0.6 is 0 Å². The van der Waals surface area contributed by atoms with Gasteiger partial charge >= 0.3 is 5.97 Å². The van der Waals surface area contributed by atoms with Crippen molar-refractivity contribution in [2.75, 3.05) is 13.1 Å². The van der Waals surface area contributed by atoms with Crippen LogP contribution < -0.4 is 5.32 Å². The molecule has 0 aliphatic carbocycles. The third kappa shape index (κ3) is 3.69. The molecule has 8 nitrogen and oxygen atoms in total. The number of aliphatic carboxylic acids is 1. The molecule has 0 radical (unpaired) electrons. The van der Waals surface area contributed by atoms with Crippen molar-refractivity contribution >= 4 is 23.7 Å². The molecule has 25 heavy (non-hydrogen) atoms. The highest BCUT2D eigenvalue weighted by atomic mass is 16.4. The van der Waals surface area contributed by atoms with E-state index in [0.29, 0.717) is 13.0 Å². The number of hydrogen-bond acceptors (Lipinski definition) is 5. The van der Waals surface area contributed by atoms with E-state index < -0.39 is 29.9 Å². The van der Waals surface area contributed by atoms with Crippen LogP contribution in [-0.2, 0) is 4.79 Å². The molecule has 0 spiro atoms. The van der Waals surface area contributed by atoms with Gasteiger partial charge in [0.05, 0.1) is 17.7 Å². The number of fused-ring (bicyclic) bond motifs is 1. The monoisotopic (exact) mass is 348 g/mol. The van der Waals surface area contributed by atoms with Crippen LogP contribution in [0.1, 0.15) is 57.8 Å². The molecule has 1 aromatic carbocycles. The molecular formula is C17H20N2O6. The maximum Gasteiger partial charge on any atom is 0.337 e. The number of carboxylic acids is 1. The van der Waals surface area contributed by atoms with Crippen molar-refractivity contribution in [1.82, 2.24) is 10.2 Å². The smallest absolute Gasteiger partial charge is 0.337 e. The predicted octanol–water partition coefficient (Wildman–Crippen LogP) is 0.648. The minimum Gasteiger partial charge on any atom is -0.479 e. The zero-order valence-electron chi connectivity index (χ0n) is 14.0. The minimum atomic E-state index is -2.10. The molecule has 1 unspecified atom stereocenters. The number of amides is 3. The van der Waals surface area contributed by atoms with Crippen molar-refractivity contribution in [2.24, 2.45) is 0 Å². The van der Waals surface area contributed by atoms with Crippen molar-refractivity contribution in [3.8, 4) is 0 Å². The van der Waals surface area contributed by atoms with Crippen molar-refractivity contribution in [3.05, 3.63) is 34.9 Å². The van der Waals surface area contributed by atoms with Gasteiger partial charge in [-0.05, 0) is 31.5 Å². The van der Waals surface area contributed by atoms with Gasteiger partial charge in [0.25, 0.3) is 17.7 Å². The average molecular weight is 348 g/mol. The highest BCUT2D eigenvalue weighted by molar-refractivity contribution is 6.22. The Morgan fingerprint density at radius 3 is 2.44 bits per heavy atom. The summed E-state index contributed by atoms with van der Waals surface area (Å²) < 4.78 is 0. The largest absolute Gasteiger partial charge is 0.479 e. The van der Waals surface area contributed by atoms with E-state index in [4.69, 9.17) is 5.11 Å². The Kier molecular flexibility index (Phi) is 5.22. The zero-order chi connectivity index (χ0) is 18.8. The maximum absolute atomic E-state index is 12.3. The van der Waals surface area contributed by atoms with Crippen LogP contribution in [0.3, 0.4) is 0 Å². The highest BCUT2D eigenvalue weighted by Gasteiger charge is 2.36. The average Bonchev–Trinajstić information content (AvgIpc) is 2.81. The molecule has 1 aliphatic heterocycles. The Labute approximate surface area is 144 Å². The maximum atomic E-state index is 12.3. The topological polar surface area (TPSA) is 124 Å². The predicted molar refractivity (Wildman–Crippen MR) is 87.3 cm³/mol. The molecule has 1 aromatic rings. The first kappa shape index (κ1) is 18.6. The van der Waals surface area contributed by atoms with E-state index in [0.717, 1.165) is 18.2 Å². The van der Waals surface area contributed by atoms with Crippen LogP contribution in [0.5, 0.6) is 0 Å². The summed E-state index contributed by atoms with van der Waals surface area (Å²) in [4.78, 5) is 48.7. The fourth-order valence-electron chi connectivity index (χ4n) is 2.38. The molecule has 0 saturated carbocycles. The van der Waals surface area contributed by atoms with E-state index >= 15 is 0 Å². The number of carboxylic acid groups (broad SMARTS) is 1. The van der Waals surface area contributed by atoms with Gasteiger partial charge in [0.2, 0.25) is 0 Å². The second-order valence-corrected chi connectivity index (χ2v) is 6.14. The zero-order valence-corrected chi connectivity index (χ0v) is 14.0. The number of carbonyl (C=O) groups excluding carboxylic acids is 3. The van der Waals surface area contributed by atoms with E-state index in [-0.39, 0.29) is 22.6 Å². The summed E-state index contributed by atoms with van der Waals surface area (Å²) in [6.45, 7) is 2.85. The van der Waals surface area contributed by atoms with Crippen LogP contribution in [0, 0.1) is 0 Å². The Balaban J connectivity index is 2.16. The van der Waals surface area contributed by atoms with Gasteiger partial charge in [0, 0.05) is 12.1 Å². The first-order valence-electron chi connectivity index (χ1n) is 7.93. The number of nitrogens with one attached hydrogen (secondary N) is 1. The third-order valence-corrected chi connectivity index (χ3v) is 4.02. The van der Waals surface area contributed by atoms with Gasteiger partial charge in [-0.2, -0.15) is 0 Å². The Bertz CT molecular complexity index is 741. The second kappa shape index (κ2) is 7.02. The number of nitrogens with zero attached hydrogens (tertiary/aromatic N) is 1. The lowest BCUT2D eigenvalue weighted by Gasteiger charge is -2.18. The van der Waals surface area contributed by atoms with Crippen LogP contribution in [0.15, 0.2) is 18.2 Å². The number of aliphatic hydroxyl groups is 1. The molecule has 0 fully saturated rings. The first-order valence-corrected chi connectivity index (χ1v) is 7.93. The van der Waals surface area contributed by atoms with Crippen LogP contribution in [0.2, 0.25) is 0 Å². The Hall–Kier alpha value is -2.74. The number of unbranched alkanes of at least 4 members (excludes halogenated alkanes) is 1. The fourth-order valence-corrected chi connectivity index (χ4v) is 2.38. The Morgan fingerprint density at radius 2 is 1.84 bits per heavy atom. The molecule has 1 aliphatic rings. The molecule has 1 heterocycles. The van der Waals surface area contributed by atoms with Gasteiger partial charge in [-0.3, -0.25) is 19.3 Å². The number of carbonyl (C=O) groups is 4. The molecule has 0 saturated heterocycles. The van der Waals surface area contributed by atoms with Gasteiger partial charge in [0.1, 0.15) is 0 Å². The van der Waals surface area contributed by atoms with E-state index in [1.807, 2.05) is 6.92 Å². The summed E-state index contributed by atoms with van der Waals surface area (Å²) >= 11 is 0. The SMILES string of the molecule is CCCCN1C(=O)c2ccc(C(=O)NCC(C)(O)C(=O)O)cc2C1=O. The molecule has 2 rings (SSSR count). The summed E-state index contributed by atoms with van der Waals surface area (Å²) in [6, 6.07) is 4.11. The summed E-state index contributed by atoms with van der Waals surface area (Å²) in [5.74, 6) is -2.93. The van der Waals surface area contributed by atoms with Crippen molar-refractivity contribution < 1.29 is 29.4 Å². The molecule has 0 bridgehead atoms. The van der Waals surface area contributed by atoms with E-state index in [1.165, 1.54) is 18.2 Å². The lowest BCUT2D eigenvalue weighted by molar-refractivity contribution is -0.155. The normalized spacial score (nSPS) is 15.7. The minimum absolute atomic E-state index is 0.110. The van der Waals surface area contributed by atoms with E-state index in [9.17, 15) is 24.3 Å². The summed E-state index contributed by atoms with van der Waals surface area (Å²) in [5, 5.41) is 20.7. The van der Waals surface area contributed by atoms with Crippen LogP contribution in [-0.4, -0.2) is 57.5 Å². The van der Waals surface area contributed by atoms with Crippen molar-refractivity contribution in [3.63, 3.8) is 0 Å². The van der Waals surface area contributed by atoms with Gasteiger partial charge in [-0.1, -0.05) is 13.3 Å². The number of hydrogen-bond donors (Lipinski definition) is 3. The molecule has 3 N–H and O–H groups in total. The summed E-state index contributed by atoms with van der Waals surface area (Å²) in [7, 11) is 0. The van der Waals surface area contributed by atoms with Crippen molar-refractivity contribution in [2.45, 2.75) is 32.3 Å². The van der Waals surface area contributed by atoms with Crippen molar-refractivity contribution in [1.29, 1.82) is 0 Å². The molecule has 134 valence electrons. The molecule has 8 heteroatoms. The van der Waals surface area contributed by atoms with Gasteiger partial charge < -0.3 is 15.5 Å². The second-order valence-electron chi connectivity index (χ2n) is 6.14. The Morgan fingerprint density at radius 1 is 1.20 bits per heavy atom. The van der Waals surface area contributed by atoms with E-state index in [2.05, 4.69) is 5.32 Å². The molecule has 1 atom stereocenters. The van der Waals surface area contributed by atoms with E-state index in [1.54, 1.807) is 0 Å². The quantitative estimate of drug-likeness (QED) is 0.622. The third-order valence-electron chi connectivity index (χ3n) is 4.02. The summed E-state index contributed by atoms with van der Waals surface area (Å²) in [6.07, 6.45) is 1.54. The van der Waals surface area contributed by atoms with Crippen LogP contribution in [0.4, 0.5) is 0 Å². The highest BCUT2D eigenvalue weighted by Crippen LogP contribution is 2.24. The van der Waals surface area contributed by atoms with Gasteiger partial charge in [-0.15, -0.1) is 0 Å². The fraction of sp³-hybridized carbons (Fsp3) is 0.412. The summed E-state index contributed by atoms with van der Waals surface area (Å²) in [5.41, 5.74) is -1.60. The lowest BCUT2D eigenvalue weighted by Crippen LogP contribution is -2.46. The standard InChI is InChI=1S/C17H20N2O6/c1-3-4-7-19-14(21)11-6-5-10(8-12(11)15(19)22)13(20)18-9-17(2,25)16(23)24/h5-6,8,25H,3-4,7,9H2,1-2H3,(H,18,20)(H,23,24). The number of benzene rings is 1. The number of imide groups is 1. The molecule has 3 amide bonds.